The minimum absolute atomic E-state index is 0.0523. The minimum atomic E-state index is -1.10. The number of hydrogen-bond donors (Lipinski definition) is 4. The van der Waals surface area contributed by atoms with Gasteiger partial charge in [-0.05, 0) is 17.7 Å². The Labute approximate surface area is 184 Å². The van der Waals surface area contributed by atoms with Crippen molar-refractivity contribution in [3.05, 3.63) is 53.2 Å². The second kappa shape index (κ2) is 8.90. The lowest BCUT2D eigenvalue weighted by atomic mass is 10.1. The highest BCUT2D eigenvalue weighted by Gasteiger charge is 2.21. The Morgan fingerprint density at radius 2 is 2.03 bits per heavy atom. The van der Waals surface area contributed by atoms with Crippen molar-refractivity contribution in [3.63, 3.8) is 0 Å². The molecule has 0 atom stereocenters. The maximum atomic E-state index is 14.1. The Morgan fingerprint density at radius 3 is 2.82 bits per heavy atom. The van der Waals surface area contributed by atoms with E-state index in [1.165, 1.54) is 0 Å². The number of ether oxygens (including phenoxy) is 1. The van der Waals surface area contributed by atoms with Gasteiger partial charge in [-0.1, -0.05) is 6.07 Å². The van der Waals surface area contributed by atoms with Crippen LogP contribution in [-0.4, -0.2) is 56.5 Å². The summed E-state index contributed by atoms with van der Waals surface area (Å²) in [6.45, 7) is -0.187. The third-order valence-electron chi connectivity index (χ3n) is 4.65. The van der Waals surface area contributed by atoms with E-state index in [9.17, 15) is 23.6 Å². The van der Waals surface area contributed by atoms with Gasteiger partial charge in [-0.25, -0.2) is 13.9 Å². The molecule has 0 saturated carbocycles. The highest BCUT2D eigenvalue weighted by molar-refractivity contribution is 5.98. The highest BCUT2D eigenvalue weighted by atomic mass is 19.1. The van der Waals surface area contributed by atoms with Gasteiger partial charge in [0.25, 0.3) is 17.7 Å². The Morgan fingerprint density at radius 1 is 1.21 bits per heavy atom. The minimum Gasteiger partial charge on any atom is -0.482 e. The van der Waals surface area contributed by atoms with Crippen molar-refractivity contribution in [2.24, 2.45) is 0 Å². The molecule has 3 heterocycles. The lowest BCUT2D eigenvalue weighted by molar-refractivity contribution is -0.136. The summed E-state index contributed by atoms with van der Waals surface area (Å²) in [4.78, 5) is 51.2. The van der Waals surface area contributed by atoms with Crippen LogP contribution < -0.4 is 20.7 Å². The van der Waals surface area contributed by atoms with E-state index in [2.05, 4.69) is 26.0 Å². The quantitative estimate of drug-likeness (QED) is 0.395. The van der Waals surface area contributed by atoms with Gasteiger partial charge in [-0.15, -0.1) is 0 Å². The first-order chi connectivity index (χ1) is 15.8. The molecule has 1 aliphatic rings. The van der Waals surface area contributed by atoms with Crippen molar-refractivity contribution >= 4 is 35.0 Å². The fraction of sp³-hybridized carbons (Fsp3) is 0.200. The summed E-state index contributed by atoms with van der Waals surface area (Å²) in [5.41, 5.74) is 0.364. The number of aliphatic carboxylic acids is 1. The number of rotatable bonds is 7. The number of carboxylic acids is 1. The Hall–Kier alpha value is -4.55. The average Bonchev–Trinajstić information content (AvgIpc) is 3.16. The van der Waals surface area contributed by atoms with Crippen LogP contribution >= 0.6 is 0 Å². The summed E-state index contributed by atoms with van der Waals surface area (Å²) in [6.07, 6.45) is 0.536. The standard InChI is InChI=1S/C20H17FN6O6/c21-11-8-24-27-14(20(32)22-4-3-17(29)30)6-13(26-18(11)27)19(31)23-7-10-1-2-15-12(5-10)25-16(28)9-33-15/h1-2,5-6,8H,3-4,7,9H2,(H,22,32)(H,23,31)(H,25,28)(H,29,30). The number of carboxylic acid groups (broad SMARTS) is 1. The molecule has 3 aromatic rings. The van der Waals surface area contributed by atoms with Gasteiger partial charge in [0.2, 0.25) is 0 Å². The van der Waals surface area contributed by atoms with Crippen LogP contribution in [0, 0.1) is 5.82 Å². The number of nitrogens with zero attached hydrogens (tertiary/aromatic N) is 3. The van der Waals surface area contributed by atoms with Gasteiger partial charge in [0.15, 0.2) is 18.1 Å². The third-order valence-corrected chi connectivity index (χ3v) is 4.65. The third kappa shape index (κ3) is 4.71. The summed E-state index contributed by atoms with van der Waals surface area (Å²) in [7, 11) is 0. The first-order valence-corrected chi connectivity index (χ1v) is 9.70. The van der Waals surface area contributed by atoms with E-state index in [1.807, 2.05) is 0 Å². The number of halogens is 1. The van der Waals surface area contributed by atoms with E-state index >= 15 is 0 Å². The summed E-state index contributed by atoms with van der Waals surface area (Å²) in [5, 5.41) is 20.1. The normalized spacial score (nSPS) is 12.5. The second-order valence-electron chi connectivity index (χ2n) is 7.00. The number of carbonyl (C=O) groups excluding carboxylic acids is 3. The number of hydrogen-bond acceptors (Lipinski definition) is 7. The van der Waals surface area contributed by atoms with Crippen LogP contribution in [0.2, 0.25) is 0 Å². The van der Waals surface area contributed by atoms with Gasteiger partial charge >= 0.3 is 5.97 Å². The summed E-state index contributed by atoms with van der Waals surface area (Å²) in [5.74, 6) is -3.16. The number of fused-ring (bicyclic) bond motifs is 2. The van der Waals surface area contributed by atoms with Crippen molar-refractivity contribution in [1.82, 2.24) is 25.2 Å². The summed E-state index contributed by atoms with van der Waals surface area (Å²) in [6, 6.07) is 6.13. The fourth-order valence-electron chi connectivity index (χ4n) is 3.10. The maximum Gasteiger partial charge on any atom is 0.305 e. The van der Waals surface area contributed by atoms with Crippen molar-refractivity contribution < 1.29 is 33.4 Å². The topological polar surface area (TPSA) is 164 Å². The van der Waals surface area contributed by atoms with Crippen molar-refractivity contribution in [1.29, 1.82) is 0 Å². The van der Waals surface area contributed by atoms with Crippen LogP contribution in [0.3, 0.4) is 0 Å². The molecule has 1 aliphatic heterocycles. The summed E-state index contributed by atoms with van der Waals surface area (Å²) >= 11 is 0. The molecule has 4 N–H and O–H groups in total. The van der Waals surface area contributed by atoms with Crippen molar-refractivity contribution in [3.8, 4) is 5.75 Å². The van der Waals surface area contributed by atoms with E-state index in [0.29, 0.717) is 17.0 Å². The lowest BCUT2D eigenvalue weighted by Gasteiger charge is -2.18. The van der Waals surface area contributed by atoms with Crippen LogP contribution in [0.1, 0.15) is 33.0 Å². The zero-order valence-electron chi connectivity index (χ0n) is 16.9. The Balaban J connectivity index is 1.52. The molecular formula is C20H17FN6O6. The largest absolute Gasteiger partial charge is 0.482 e. The molecule has 4 rings (SSSR count). The molecule has 0 spiro atoms. The highest BCUT2D eigenvalue weighted by Crippen LogP contribution is 2.28. The Bertz CT molecular complexity index is 1290. The predicted octanol–water partition coefficient (Wildman–Crippen LogP) is 0.334. The van der Waals surface area contributed by atoms with Crippen LogP contribution in [0.4, 0.5) is 10.1 Å². The van der Waals surface area contributed by atoms with Crippen LogP contribution in [0.5, 0.6) is 5.75 Å². The predicted molar refractivity (Wildman–Crippen MR) is 109 cm³/mol. The SMILES string of the molecule is O=C(O)CCNC(=O)c1cc(C(=O)NCc2ccc3c(c2)NC(=O)CO3)nc2c(F)cnn12. The first kappa shape index (κ1) is 21.7. The van der Waals surface area contributed by atoms with E-state index in [-0.39, 0.29) is 49.1 Å². The van der Waals surface area contributed by atoms with Gasteiger partial charge < -0.3 is 25.8 Å². The molecule has 170 valence electrons. The number of aromatic nitrogens is 3. The average molecular weight is 456 g/mol. The van der Waals surface area contributed by atoms with Gasteiger partial charge in [-0.3, -0.25) is 19.2 Å². The monoisotopic (exact) mass is 456 g/mol. The van der Waals surface area contributed by atoms with Crippen LogP contribution in [0.25, 0.3) is 5.65 Å². The van der Waals surface area contributed by atoms with Crippen molar-refractivity contribution in [2.75, 3.05) is 18.5 Å². The number of carbonyl (C=O) groups is 4. The molecule has 0 unspecified atom stereocenters. The molecule has 1 aromatic carbocycles. The lowest BCUT2D eigenvalue weighted by Crippen LogP contribution is -2.30. The number of amides is 3. The van der Waals surface area contributed by atoms with E-state index in [4.69, 9.17) is 9.84 Å². The zero-order valence-corrected chi connectivity index (χ0v) is 16.9. The molecular weight excluding hydrogens is 439 g/mol. The smallest absolute Gasteiger partial charge is 0.305 e. The second-order valence-corrected chi connectivity index (χ2v) is 7.00. The van der Waals surface area contributed by atoms with Crippen LogP contribution in [-0.2, 0) is 16.1 Å². The molecule has 13 heteroatoms. The number of nitrogens with one attached hydrogen (secondary N) is 3. The molecule has 0 fully saturated rings. The van der Waals surface area contributed by atoms with Gasteiger partial charge in [-0.2, -0.15) is 5.10 Å². The number of anilines is 1. The molecule has 3 amide bonds. The van der Waals surface area contributed by atoms with Gasteiger partial charge in [0, 0.05) is 19.2 Å². The van der Waals surface area contributed by atoms with E-state index in [0.717, 1.165) is 16.8 Å². The summed E-state index contributed by atoms with van der Waals surface area (Å²) < 4.78 is 20.3. The molecule has 0 saturated heterocycles. The van der Waals surface area contributed by atoms with E-state index < -0.39 is 23.6 Å². The molecule has 0 radical (unpaired) electrons. The number of benzene rings is 1. The molecule has 33 heavy (non-hydrogen) atoms. The molecule has 12 nitrogen and oxygen atoms in total. The molecule has 2 aromatic heterocycles. The van der Waals surface area contributed by atoms with Crippen LogP contribution in [0.15, 0.2) is 30.5 Å². The molecule has 0 aliphatic carbocycles. The zero-order chi connectivity index (χ0) is 23.5. The fourth-order valence-corrected chi connectivity index (χ4v) is 3.10. The van der Waals surface area contributed by atoms with Crippen molar-refractivity contribution in [2.45, 2.75) is 13.0 Å². The molecule has 0 bridgehead atoms. The Kier molecular flexibility index (Phi) is 5.85. The van der Waals surface area contributed by atoms with Gasteiger partial charge in [0.1, 0.15) is 17.1 Å². The van der Waals surface area contributed by atoms with Gasteiger partial charge in [0.05, 0.1) is 18.3 Å². The first-order valence-electron chi connectivity index (χ1n) is 9.70. The van der Waals surface area contributed by atoms with E-state index in [1.54, 1.807) is 18.2 Å². The maximum absolute atomic E-state index is 14.1.